The highest BCUT2D eigenvalue weighted by Crippen LogP contribution is 2.26. The minimum atomic E-state index is -3.03. The van der Waals surface area contributed by atoms with Crippen LogP contribution in [0.3, 0.4) is 0 Å². The standard InChI is InChI=1S/C17H24N2O4S/c1-17(2,13-6-4-3-5-7-13)10-15(20)18-11-16(21)19-14-8-9-24(22,23)12-14/h3-7,14H,8-12H2,1-2H3,(H,18,20)(H,19,21). The van der Waals surface area contributed by atoms with Gasteiger partial charge in [-0.05, 0) is 17.4 Å². The number of amides is 2. The molecule has 1 atom stereocenters. The molecular weight excluding hydrogens is 328 g/mol. The topological polar surface area (TPSA) is 92.3 Å². The minimum Gasteiger partial charge on any atom is -0.351 e. The fourth-order valence-corrected chi connectivity index (χ4v) is 4.50. The number of sulfone groups is 1. The van der Waals surface area contributed by atoms with Gasteiger partial charge in [-0.3, -0.25) is 9.59 Å². The van der Waals surface area contributed by atoms with Crippen molar-refractivity contribution in [1.29, 1.82) is 0 Å². The van der Waals surface area contributed by atoms with Crippen LogP contribution in [-0.4, -0.2) is 44.3 Å². The first-order valence-corrected chi connectivity index (χ1v) is 9.82. The lowest BCUT2D eigenvalue weighted by Gasteiger charge is -2.24. The number of rotatable bonds is 6. The van der Waals surface area contributed by atoms with Gasteiger partial charge in [0.1, 0.15) is 0 Å². The maximum Gasteiger partial charge on any atom is 0.239 e. The van der Waals surface area contributed by atoms with Crippen LogP contribution in [0, 0.1) is 0 Å². The molecule has 0 spiro atoms. The van der Waals surface area contributed by atoms with E-state index in [0.717, 1.165) is 5.56 Å². The molecule has 24 heavy (non-hydrogen) atoms. The van der Waals surface area contributed by atoms with Crippen LogP contribution in [0.2, 0.25) is 0 Å². The molecule has 0 radical (unpaired) electrons. The van der Waals surface area contributed by atoms with Crippen LogP contribution in [0.1, 0.15) is 32.3 Å². The van der Waals surface area contributed by atoms with Crippen molar-refractivity contribution in [3.8, 4) is 0 Å². The van der Waals surface area contributed by atoms with Gasteiger partial charge in [-0.25, -0.2) is 8.42 Å². The van der Waals surface area contributed by atoms with Gasteiger partial charge in [-0.15, -0.1) is 0 Å². The van der Waals surface area contributed by atoms with Crippen molar-refractivity contribution in [3.05, 3.63) is 35.9 Å². The molecule has 1 aliphatic heterocycles. The summed E-state index contributed by atoms with van der Waals surface area (Å²) in [6, 6.07) is 9.38. The molecule has 2 amide bonds. The molecule has 7 heteroatoms. The maximum absolute atomic E-state index is 12.1. The minimum absolute atomic E-state index is 0.0201. The highest BCUT2D eigenvalue weighted by Gasteiger charge is 2.29. The van der Waals surface area contributed by atoms with Crippen molar-refractivity contribution in [2.45, 2.75) is 38.1 Å². The molecule has 1 heterocycles. The largest absolute Gasteiger partial charge is 0.351 e. The molecule has 1 aliphatic rings. The fraction of sp³-hybridized carbons (Fsp3) is 0.529. The number of hydrogen-bond donors (Lipinski definition) is 2. The van der Waals surface area contributed by atoms with Crippen LogP contribution in [0.5, 0.6) is 0 Å². The smallest absolute Gasteiger partial charge is 0.239 e. The van der Waals surface area contributed by atoms with Crippen molar-refractivity contribution in [3.63, 3.8) is 0 Å². The summed E-state index contributed by atoms with van der Waals surface area (Å²) in [5.74, 6) is -0.482. The molecule has 0 aliphatic carbocycles. The Hall–Kier alpha value is -1.89. The average Bonchev–Trinajstić information content (AvgIpc) is 2.84. The lowest BCUT2D eigenvalue weighted by molar-refractivity contribution is -0.127. The predicted molar refractivity (Wildman–Crippen MR) is 92.3 cm³/mol. The first-order chi connectivity index (χ1) is 11.2. The molecule has 0 saturated carbocycles. The second-order valence-corrected chi connectivity index (χ2v) is 9.10. The van der Waals surface area contributed by atoms with E-state index in [4.69, 9.17) is 0 Å². The van der Waals surface area contributed by atoms with Crippen LogP contribution < -0.4 is 10.6 Å². The van der Waals surface area contributed by atoms with Gasteiger partial charge < -0.3 is 10.6 Å². The number of carbonyl (C=O) groups is 2. The Kier molecular flexibility index (Phi) is 5.64. The van der Waals surface area contributed by atoms with E-state index in [-0.39, 0.29) is 47.7 Å². The number of benzene rings is 1. The molecule has 2 rings (SSSR count). The van der Waals surface area contributed by atoms with E-state index in [1.165, 1.54) is 0 Å². The highest BCUT2D eigenvalue weighted by molar-refractivity contribution is 7.91. The lowest BCUT2D eigenvalue weighted by Crippen LogP contribution is -2.43. The zero-order valence-corrected chi connectivity index (χ0v) is 14.9. The van der Waals surface area contributed by atoms with Gasteiger partial charge in [0.25, 0.3) is 0 Å². The second-order valence-electron chi connectivity index (χ2n) is 6.87. The van der Waals surface area contributed by atoms with E-state index in [0.29, 0.717) is 6.42 Å². The Labute approximate surface area is 142 Å². The maximum atomic E-state index is 12.1. The third kappa shape index (κ3) is 5.33. The van der Waals surface area contributed by atoms with E-state index >= 15 is 0 Å². The Morgan fingerprint density at radius 2 is 1.83 bits per heavy atom. The van der Waals surface area contributed by atoms with Crippen molar-refractivity contribution in [1.82, 2.24) is 10.6 Å². The first kappa shape index (κ1) is 18.4. The molecule has 0 bridgehead atoms. The molecule has 6 nitrogen and oxygen atoms in total. The van der Waals surface area contributed by atoms with Crippen molar-refractivity contribution in [2.75, 3.05) is 18.1 Å². The zero-order chi connectivity index (χ0) is 17.8. The molecular formula is C17H24N2O4S. The fourth-order valence-electron chi connectivity index (χ4n) is 2.82. The first-order valence-electron chi connectivity index (χ1n) is 8.00. The van der Waals surface area contributed by atoms with Crippen LogP contribution in [0.15, 0.2) is 30.3 Å². The molecule has 1 unspecified atom stereocenters. The summed E-state index contributed by atoms with van der Waals surface area (Å²) in [5.41, 5.74) is 0.724. The molecule has 1 fully saturated rings. The summed E-state index contributed by atoms with van der Waals surface area (Å²) >= 11 is 0. The van der Waals surface area contributed by atoms with Gasteiger partial charge in [-0.1, -0.05) is 44.2 Å². The van der Waals surface area contributed by atoms with Gasteiger partial charge in [-0.2, -0.15) is 0 Å². The van der Waals surface area contributed by atoms with Crippen LogP contribution >= 0.6 is 0 Å². The van der Waals surface area contributed by atoms with Gasteiger partial charge in [0.15, 0.2) is 9.84 Å². The zero-order valence-electron chi connectivity index (χ0n) is 14.0. The summed E-state index contributed by atoms with van der Waals surface area (Å²) in [6.45, 7) is 3.82. The Bertz CT molecular complexity index is 699. The van der Waals surface area contributed by atoms with E-state index in [1.54, 1.807) is 0 Å². The molecule has 132 valence electrons. The number of nitrogens with one attached hydrogen (secondary N) is 2. The average molecular weight is 352 g/mol. The van der Waals surface area contributed by atoms with Crippen LogP contribution in [0.25, 0.3) is 0 Å². The monoisotopic (exact) mass is 352 g/mol. The summed E-state index contributed by atoms with van der Waals surface area (Å²) in [5, 5.41) is 5.25. The lowest BCUT2D eigenvalue weighted by atomic mass is 9.81. The normalized spacial score (nSPS) is 19.7. The summed E-state index contributed by atoms with van der Waals surface area (Å²) in [4.78, 5) is 23.9. The Morgan fingerprint density at radius 1 is 1.17 bits per heavy atom. The van der Waals surface area contributed by atoms with Crippen molar-refractivity contribution in [2.24, 2.45) is 0 Å². The molecule has 0 aromatic heterocycles. The molecule has 1 saturated heterocycles. The quantitative estimate of drug-likeness (QED) is 0.791. The Morgan fingerprint density at radius 3 is 2.42 bits per heavy atom. The van der Waals surface area contributed by atoms with E-state index in [2.05, 4.69) is 10.6 Å². The number of hydrogen-bond acceptors (Lipinski definition) is 4. The van der Waals surface area contributed by atoms with Gasteiger partial charge in [0.05, 0.1) is 18.1 Å². The summed E-state index contributed by atoms with van der Waals surface area (Å²) in [6.07, 6.45) is 0.700. The van der Waals surface area contributed by atoms with Gasteiger partial charge in [0.2, 0.25) is 11.8 Å². The third-order valence-electron chi connectivity index (χ3n) is 4.20. The highest BCUT2D eigenvalue weighted by atomic mass is 32.2. The van der Waals surface area contributed by atoms with E-state index < -0.39 is 9.84 Å². The van der Waals surface area contributed by atoms with Crippen molar-refractivity contribution < 1.29 is 18.0 Å². The predicted octanol–water partition coefficient (Wildman–Crippen LogP) is 0.774. The van der Waals surface area contributed by atoms with Crippen molar-refractivity contribution >= 4 is 21.7 Å². The van der Waals surface area contributed by atoms with E-state index in [9.17, 15) is 18.0 Å². The molecule has 2 N–H and O–H groups in total. The Balaban J connectivity index is 1.78. The third-order valence-corrected chi connectivity index (χ3v) is 5.97. The van der Waals surface area contributed by atoms with Crippen LogP contribution in [-0.2, 0) is 24.8 Å². The summed E-state index contributed by atoms with van der Waals surface area (Å²) in [7, 11) is -3.03. The van der Waals surface area contributed by atoms with E-state index in [1.807, 2.05) is 44.2 Å². The van der Waals surface area contributed by atoms with Gasteiger partial charge >= 0.3 is 0 Å². The molecule has 1 aromatic carbocycles. The SMILES string of the molecule is CC(C)(CC(=O)NCC(=O)NC1CCS(=O)(=O)C1)c1ccccc1. The molecule has 1 aromatic rings. The summed E-state index contributed by atoms with van der Waals surface area (Å²) < 4.78 is 22.7. The number of carbonyl (C=O) groups excluding carboxylic acids is 2. The second kappa shape index (κ2) is 7.34. The van der Waals surface area contributed by atoms with Gasteiger partial charge in [0, 0.05) is 12.5 Å². The van der Waals surface area contributed by atoms with Crippen LogP contribution in [0.4, 0.5) is 0 Å².